The average Bonchev–Trinajstić information content (AvgIpc) is 1.60. The second kappa shape index (κ2) is 41.9. The number of ether oxygens (including phenoxy) is 4. The summed E-state index contributed by atoms with van der Waals surface area (Å²) in [6.07, 6.45) is 22.3. The Labute approximate surface area is 534 Å². The molecule has 1 heterocycles. The van der Waals surface area contributed by atoms with Crippen LogP contribution in [-0.4, -0.2) is 101 Å². The number of phenolic OH excluding ortho intramolecular Hbond substituents is 1. The third-order valence-corrected chi connectivity index (χ3v) is 15.0. The van der Waals surface area contributed by atoms with Crippen LogP contribution in [0.2, 0.25) is 0 Å². The number of hydrogen-bond acceptors (Lipinski definition) is 15. The summed E-state index contributed by atoms with van der Waals surface area (Å²) in [5.41, 5.74) is 2.71. The fourth-order valence-electron chi connectivity index (χ4n) is 8.94. The maximum absolute atomic E-state index is 13.1. The number of amides is 1. The quantitative estimate of drug-likeness (QED) is 0.00460. The van der Waals surface area contributed by atoms with Gasteiger partial charge in [-0.1, -0.05) is 141 Å². The Balaban J connectivity index is 0.000000651. The molecular weight excluding hydrogens is 1170 g/mol. The predicted octanol–water partition coefficient (Wildman–Crippen LogP) is 14.4. The van der Waals surface area contributed by atoms with Gasteiger partial charge in [0.2, 0.25) is 5.91 Å². The molecule has 0 fully saturated rings. The van der Waals surface area contributed by atoms with Crippen molar-refractivity contribution < 1.29 is 61.0 Å². The maximum Gasteiger partial charge on any atom is 0.519 e. The van der Waals surface area contributed by atoms with Crippen LogP contribution in [0.4, 0.5) is 0 Å². The first-order chi connectivity index (χ1) is 42.4. The van der Waals surface area contributed by atoms with E-state index in [0.717, 1.165) is 59.2 Å². The van der Waals surface area contributed by atoms with Gasteiger partial charge in [0.05, 0.1) is 30.4 Å². The second-order valence-corrected chi connectivity index (χ2v) is 25.3. The van der Waals surface area contributed by atoms with E-state index < -0.39 is 56.6 Å². The second-order valence-electron chi connectivity index (χ2n) is 23.9. The van der Waals surface area contributed by atoms with Gasteiger partial charge in [0.1, 0.15) is 78.4 Å². The zero-order chi connectivity index (χ0) is 67.9. The molecular formula is C69H97N7O13S. The highest BCUT2D eigenvalue weighted by Crippen LogP contribution is 2.37. The van der Waals surface area contributed by atoms with E-state index in [9.17, 15) is 42.0 Å². The molecule has 0 saturated heterocycles. The number of hydrogen-bond donors (Lipinski definition) is 3. The van der Waals surface area contributed by atoms with Gasteiger partial charge in [-0.25, -0.2) is 4.79 Å². The topological polar surface area (TPSA) is 272 Å². The number of rotatable bonds is 33. The number of aryl methyl sites for hydroxylation is 2. The predicted molar refractivity (Wildman–Crippen MR) is 351 cm³/mol. The average molecular weight is 1260 g/mol. The molecule has 0 aliphatic carbocycles. The van der Waals surface area contributed by atoms with Gasteiger partial charge in [-0.3, -0.25) is 23.7 Å². The molecule has 1 amide bonds. The minimum absolute atomic E-state index is 0.00591. The van der Waals surface area contributed by atoms with Crippen molar-refractivity contribution >= 4 is 56.8 Å². The van der Waals surface area contributed by atoms with E-state index in [1.807, 2.05) is 71.0 Å². The number of allylic oxidation sites excluding steroid dienone is 3. The number of nitriles is 1. The summed E-state index contributed by atoms with van der Waals surface area (Å²) >= 11 is 0. The molecule has 492 valence electrons. The molecule has 0 aliphatic heterocycles. The lowest BCUT2D eigenvalue weighted by Gasteiger charge is -2.35. The number of benzene rings is 3. The molecule has 0 aliphatic rings. The fourth-order valence-corrected chi connectivity index (χ4v) is 9.92. The van der Waals surface area contributed by atoms with Crippen molar-refractivity contribution in [1.29, 1.82) is 5.26 Å². The highest BCUT2D eigenvalue weighted by molar-refractivity contribution is 7.85. The number of nitrogens with zero attached hydrogens (tertiary/aromatic N) is 6. The minimum atomic E-state index is -4.31. The Morgan fingerprint density at radius 1 is 0.800 bits per heavy atom. The van der Waals surface area contributed by atoms with E-state index in [2.05, 4.69) is 45.1 Å². The SMILES string of the molecule is CCC(C)(C)CC(CC(C)(C)C(=O)OCCOC(=O)CC(C)=O)C(=O)NC(C)(C)CS(=O)(=O)O.CCCCCCCCCCCCc1cc(C)cc(-n2nc3ccccc3n2)c1O.CCCOC(=O)/C(C#N)=C/c1ccc(OC)cc1.[C-]#[N+]C(=C/C=C\C)[N+]#[C-]. The van der Waals surface area contributed by atoms with Crippen LogP contribution < -0.4 is 10.1 Å². The van der Waals surface area contributed by atoms with E-state index in [1.54, 1.807) is 62.2 Å². The molecule has 1 aromatic heterocycles. The van der Waals surface area contributed by atoms with E-state index in [1.165, 1.54) is 90.7 Å². The highest BCUT2D eigenvalue weighted by atomic mass is 32.2. The van der Waals surface area contributed by atoms with Crippen LogP contribution in [0, 0.1) is 48.1 Å². The van der Waals surface area contributed by atoms with Crippen LogP contribution in [0.3, 0.4) is 0 Å². The van der Waals surface area contributed by atoms with E-state index >= 15 is 0 Å². The number of esters is 3. The van der Waals surface area contributed by atoms with E-state index in [0.29, 0.717) is 24.5 Å². The highest BCUT2D eigenvalue weighted by Gasteiger charge is 2.39. The van der Waals surface area contributed by atoms with Gasteiger partial charge in [-0.2, -0.15) is 23.4 Å². The van der Waals surface area contributed by atoms with Gasteiger partial charge in [-0.05, 0) is 139 Å². The number of phenols is 1. The van der Waals surface area contributed by atoms with E-state index in [-0.39, 0.29) is 48.6 Å². The van der Waals surface area contributed by atoms with Gasteiger partial charge in [0.25, 0.3) is 10.1 Å². The molecule has 0 radical (unpaired) electrons. The summed E-state index contributed by atoms with van der Waals surface area (Å²) in [6.45, 7) is 34.4. The molecule has 4 rings (SSSR count). The van der Waals surface area contributed by atoms with Crippen molar-refractivity contribution in [1.82, 2.24) is 20.3 Å². The number of Topliss-reactive ketones (excluding diaryl/α,β-unsaturated/α-hetero) is 1. The zero-order valence-electron chi connectivity index (χ0n) is 55.3. The maximum atomic E-state index is 13.1. The summed E-state index contributed by atoms with van der Waals surface area (Å²) in [4.78, 5) is 67.1. The first-order valence-corrected chi connectivity index (χ1v) is 32.3. The summed E-state index contributed by atoms with van der Waals surface area (Å²) in [5.74, 6) is -2.77. The molecule has 3 aromatic carbocycles. The van der Waals surface area contributed by atoms with Crippen molar-refractivity contribution in [2.75, 3.05) is 32.7 Å². The lowest BCUT2D eigenvalue weighted by atomic mass is 9.73. The van der Waals surface area contributed by atoms with Crippen LogP contribution >= 0.6 is 0 Å². The lowest BCUT2D eigenvalue weighted by molar-refractivity contribution is -0.160. The largest absolute Gasteiger partial charge is 0.519 e. The van der Waals surface area contributed by atoms with Crippen LogP contribution in [0.25, 0.3) is 32.5 Å². The van der Waals surface area contributed by atoms with E-state index in [4.69, 9.17) is 37.4 Å². The van der Waals surface area contributed by atoms with Gasteiger partial charge >= 0.3 is 23.7 Å². The Kier molecular flexibility index (Phi) is 37.2. The summed E-state index contributed by atoms with van der Waals surface area (Å²) in [5, 5.41) is 31.5. The number of fused-ring (bicyclic) bond motifs is 1. The summed E-state index contributed by atoms with van der Waals surface area (Å²) in [7, 11) is -2.73. The van der Waals surface area contributed by atoms with Crippen molar-refractivity contribution in [3.63, 3.8) is 0 Å². The Hall–Kier alpha value is -8.19. The van der Waals surface area contributed by atoms with Crippen LogP contribution in [0.15, 0.2) is 90.3 Å². The lowest BCUT2D eigenvalue weighted by Crippen LogP contribution is -2.51. The molecule has 21 heteroatoms. The monoisotopic (exact) mass is 1260 g/mol. The molecule has 1 atom stereocenters. The standard InChI is InChI=1S/C25H35N3O.C23H41NO9S.C14H15NO3.C7H6N2/c1-3-4-5-6-7-8-9-10-11-12-15-21-18-20(2)19-24(25(21)29)28-26-22-16-13-14-17-23(22)27-28;1-9-21(3,4)13-17(19(27)24-23(7,8)15-34(29,30)31)14-22(5,6)20(28)33-11-10-32-18(26)12-16(2)25;1-3-8-18-14(16)12(10-15)9-11-4-6-13(17-2)7-5-11;1-4-5-6-7(8-2)9-3/h13-14,16-19,29H,3-12,15H2,1-2H3;17H,9-15H2,1-8H3,(H,24,27)(H,29,30,31);4-7,9H,3,8H2,1-2H3;4-6H,1H3/b;;12-9+;5-4-. The first kappa shape index (κ1) is 79.8. The molecule has 1 unspecified atom stereocenters. The van der Waals surface area contributed by atoms with Crippen molar-refractivity contribution in [3.8, 4) is 23.3 Å². The van der Waals surface area contributed by atoms with Gasteiger partial charge in [0.15, 0.2) is 0 Å². The third-order valence-electron chi connectivity index (χ3n) is 13.9. The Bertz CT molecular complexity index is 3200. The van der Waals surface area contributed by atoms with Crippen molar-refractivity contribution in [2.45, 2.75) is 191 Å². The fraction of sp³-hybridized carbons (Fsp3) is 0.536. The number of methoxy groups -OCH3 is 1. The van der Waals surface area contributed by atoms with Crippen LogP contribution in [0.1, 0.15) is 189 Å². The minimum Gasteiger partial charge on any atom is -0.505 e. The van der Waals surface area contributed by atoms with Crippen molar-refractivity contribution in [3.05, 3.63) is 130 Å². The molecule has 0 saturated carbocycles. The van der Waals surface area contributed by atoms with Crippen molar-refractivity contribution in [2.24, 2.45) is 16.7 Å². The molecule has 20 nitrogen and oxygen atoms in total. The summed E-state index contributed by atoms with van der Waals surface area (Å²) < 4.78 is 51.8. The van der Waals surface area contributed by atoms with Crippen LogP contribution in [-0.2, 0) is 54.7 Å². The summed E-state index contributed by atoms with van der Waals surface area (Å²) in [6, 6.07) is 20.7. The number of aromatic nitrogens is 3. The molecule has 0 bridgehead atoms. The number of nitrogens with one attached hydrogen (secondary N) is 1. The number of carbonyl (C=O) groups excluding carboxylic acids is 5. The Morgan fingerprint density at radius 2 is 1.37 bits per heavy atom. The molecule has 90 heavy (non-hydrogen) atoms. The van der Waals surface area contributed by atoms with Crippen LogP contribution in [0.5, 0.6) is 11.5 Å². The first-order valence-electron chi connectivity index (χ1n) is 30.7. The third kappa shape index (κ3) is 33.4. The number of aromatic hydroxyl groups is 1. The number of ketones is 1. The molecule has 0 spiro atoms. The van der Waals surface area contributed by atoms with Gasteiger partial charge in [0, 0.05) is 12.0 Å². The normalized spacial score (nSPS) is 11.7. The van der Waals surface area contributed by atoms with Gasteiger partial charge < -0.3 is 29.4 Å². The zero-order valence-corrected chi connectivity index (χ0v) is 56.1. The molecule has 4 aromatic rings. The van der Waals surface area contributed by atoms with Gasteiger partial charge in [-0.15, -0.1) is 15.0 Å². The number of carbonyl (C=O) groups is 5. The number of unbranched alkanes of at least 4 members (excludes halogenated alkanes) is 9. The Morgan fingerprint density at radius 3 is 1.87 bits per heavy atom. The smallest absolute Gasteiger partial charge is 0.505 e. The molecule has 3 N–H and O–H groups in total.